The molecule has 0 radical (unpaired) electrons. The number of carbonyl (C=O) groups is 1. The Labute approximate surface area is 161 Å². The smallest absolute Gasteiger partial charge is 0.302 e. The van der Waals surface area contributed by atoms with Gasteiger partial charge in [-0.25, -0.2) is 0 Å². The molecule has 3 aliphatic rings. The summed E-state index contributed by atoms with van der Waals surface area (Å²) in [5.41, 5.74) is -0.0311. The molecule has 2 fully saturated rings. The van der Waals surface area contributed by atoms with Gasteiger partial charge in [-0.05, 0) is 32.3 Å². The number of aliphatic hydroxyl groups excluding tert-OH is 2. The van der Waals surface area contributed by atoms with Crippen LogP contribution in [0.4, 0.5) is 0 Å². The van der Waals surface area contributed by atoms with Crippen molar-refractivity contribution in [3.8, 4) is 0 Å². The molecule has 6 nitrogen and oxygen atoms in total. The van der Waals surface area contributed by atoms with Gasteiger partial charge in [0, 0.05) is 18.9 Å². The van der Waals surface area contributed by atoms with E-state index in [1.54, 1.807) is 0 Å². The highest BCUT2D eigenvalue weighted by Gasteiger charge is 2.72. The second kappa shape index (κ2) is 7.66. The number of esters is 1. The van der Waals surface area contributed by atoms with E-state index in [4.69, 9.17) is 14.2 Å². The number of hydrogen-bond acceptors (Lipinski definition) is 6. The zero-order valence-electron chi connectivity index (χ0n) is 16.7. The molecule has 0 bridgehead atoms. The van der Waals surface area contributed by atoms with Crippen LogP contribution in [0.2, 0.25) is 0 Å². The summed E-state index contributed by atoms with van der Waals surface area (Å²) in [6.07, 6.45) is 6.37. The fourth-order valence-corrected chi connectivity index (χ4v) is 4.18. The molecule has 2 N–H and O–H groups in total. The highest BCUT2D eigenvalue weighted by molar-refractivity contribution is 5.66. The molecule has 2 aliphatic heterocycles. The van der Waals surface area contributed by atoms with Gasteiger partial charge >= 0.3 is 5.97 Å². The fraction of sp³-hybridized carbons (Fsp3) is 0.762. The molecule has 27 heavy (non-hydrogen) atoms. The lowest BCUT2D eigenvalue weighted by Crippen LogP contribution is -2.59. The second-order valence-electron chi connectivity index (χ2n) is 8.42. The van der Waals surface area contributed by atoms with Crippen LogP contribution in [0.25, 0.3) is 0 Å². The minimum absolute atomic E-state index is 0.0513. The Kier molecular flexibility index (Phi) is 5.82. The second-order valence-corrected chi connectivity index (χ2v) is 8.42. The maximum Gasteiger partial charge on any atom is 0.302 e. The molecule has 0 saturated carbocycles. The molecule has 2 saturated heterocycles. The molecule has 3 rings (SSSR count). The maximum atomic E-state index is 11.4. The normalized spacial score (nSPS) is 37.1. The molecule has 0 aromatic carbocycles. The van der Waals surface area contributed by atoms with Crippen molar-refractivity contribution in [1.29, 1.82) is 0 Å². The molecule has 1 spiro atoms. The highest BCUT2D eigenvalue weighted by Crippen LogP contribution is 2.58. The Bertz CT molecular complexity index is 637. The van der Waals surface area contributed by atoms with E-state index >= 15 is 0 Å². The fourth-order valence-electron chi connectivity index (χ4n) is 4.18. The Morgan fingerprint density at radius 3 is 2.70 bits per heavy atom. The minimum atomic E-state index is -0.814. The zero-order chi connectivity index (χ0) is 19.8. The predicted octanol–water partition coefficient (Wildman–Crippen LogP) is 2.42. The Morgan fingerprint density at radius 2 is 2.04 bits per heavy atom. The van der Waals surface area contributed by atoms with Gasteiger partial charge < -0.3 is 24.4 Å². The molecule has 0 aromatic heterocycles. The van der Waals surface area contributed by atoms with Crippen LogP contribution in [-0.4, -0.2) is 58.4 Å². The van der Waals surface area contributed by atoms with Crippen molar-refractivity contribution in [2.75, 3.05) is 6.61 Å². The Hall–Kier alpha value is -1.21. The van der Waals surface area contributed by atoms with Gasteiger partial charge in [-0.15, -0.1) is 0 Å². The summed E-state index contributed by atoms with van der Waals surface area (Å²) < 4.78 is 17.4. The maximum absolute atomic E-state index is 11.4. The van der Waals surface area contributed by atoms with Gasteiger partial charge in [0.2, 0.25) is 0 Å². The molecule has 0 unspecified atom stereocenters. The third kappa shape index (κ3) is 3.86. The van der Waals surface area contributed by atoms with Crippen molar-refractivity contribution in [2.45, 2.75) is 95.4 Å². The third-order valence-electron chi connectivity index (χ3n) is 5.95. The third-order valence-corrected chi connectivity index (χ3v) is 5.95. The van der Waals surface area contributed by atoms with Crippen LogP contribution in [0.15, 0.2) is 23.3 Å². The van der Waals surface area contributed by atoms with Crippen LogP contribution in [0.1, 0.15) is 59.8 Å². The van der Waals surface area contributed by atoms with Gasteiger partial charge in [0.25, 0.3) is 0 Å². The van der Waals surface area contributed by atoms with Gasteiger partial charge in [0.05, 0.1) is 11.7 Å². The first kappa shape index (κ1) is 20.5. The molecular weight excluding hydrogens is 348 g/mol. The summed E-state index contributed by atoms with van der Waals surface area (Å²) in [7, 11) is 0. The number of ether oxygens (including phenoxy) is 3. The minimum Gasteiger partial charge on any atom is -0.461 e. The summed E-state index contributed by atoms with van der Waals surface area (Å²) in [6.45, 7) is 7.26. The number of rotatable bonds is 7. The summed E-state index contributed by atoms with van der Waals surface area (Å²) in [6, 6.07) is 0. The number of unbranched alkanes of at least 4 members (excludes halogenated alkanes) is 3. The number of hydrogen-bond donors (Lipinski definition) is 2. The molecular formula is C21H32O6. The van der Waals surface area contributed by atoms with Crippen molar-refractivity contribution < 1.29 is 29.2 Å². The molecule has 2 heterocycles. The van der Waals surface area contributed by atoms with Crippen molar-refractivity contribution in [1.82, 2.24) is 0 Å². The summed E-state index contributed by atoms with van der Waals surface area (Å²) >= 11 is 0. The van der Waals surface area contributed by atoms with Gasteiger partial charge in [0.15, 0.2) is 0 Å². The lowest BCUT2D eigenvalue weighted by atomic mass is 9.72. The van der Waals surface area contributed by atoms with Crippen molar-refractivity contribution in [3.63, 3.8) is 0 Å². The number of aliphatic hydroxyl groups is 2. The van der Waals surface area contributed by atoms with Crippen molar-refractivity contribution in [3.05, 3.63) is 23.3 Å². The van der Waals surface area contributed by atoms with Crippen LogP contribution in [0.5, 0.6) is 0 Å². The summed E-state index contributed by atoms with van der Waals surface area (Å²) in [5, 5.41) is 21.3. The van der Waals surface area contributed by atoms with E-state index in [2.05, 4.69) is 13.0 Å². The first-order valence-corrected chi connectivity index (χ1v) is 9.97. The topological polar surface area (TPSA) is 88.5 Å². The van der Waals surface area contributed by atoms with E-state index in [0.717, 1.165) is 24.8 Å². The Balaban J connectivity index is 1.90. The van der Waals surface area contributed by atoms with E-state index in [-0.39, 0.29) is 12.6 Å². The van der Waals surface area contributed by atoms with Gasteiger partial charge in [-0.2, -0.15) is 0 Å². The number of carbonyl (C=O) groups excluding carboxylic acids is 1. The largest absolute Gasteiger partial charge is 0.461 e. The van der Waals surface area contributed by atoms with E-state index in [9.17, 15) is 15.0 Å². The van der Waals surface area contributed by atoms with Crippen molar-refractivity contribution in [2.24, 2.45) is 0 Å². The van der Waals surface area contributed by atoms with Crippen LogP contribution < -0.4 is 0 Å². The van der Waals surface area contributed by atoms with Crippen LogP contribution in [0.3, 0.4) is 0 Å². The number of allylic oxidation sites excluding steroid dienone is 1. The van der Waals surface area contributed by atoms with E-state index in [0.29, 0.717) is 12.0 Å². The predicted molar refractivity (Wildman–Crippen MR) is 100 cm³/mol. The molecule has 6 heteroatoms. The molecule has 0 amide bonds. The molecule has 152 valence electrons. The monoisotopic (exact) mass is 380 g/mol. The quantitative estimate of drug-likeness (QED) is 0.401. The number of epoxide rings is 1. The van der Waals surface area contributed by atoms with E-state index in [1.165, 1.54) is 13.3 Å². The first-order chi connectivity index (χ1) is 12.7. The van der Waals surface area contributed by atoms with Crippen molar-refractivity contribution >= 4 is 5.97 Å². The lowest BCUT2D eigenvalue weighted by molar-refractivity contribution is -0.191. The molecule has 5 atom stereocenters. The van der Waals surface area contributed by atoms with E-state index < -0.39 is 35.6 Å². The van der Waals surface area contributed by atoms with Gasteiger partial charge in [0.1, 0.15) is 30.5 Å². The molecule has 1 aliphatic carbocycles. The summed E-state index contributed by atoms with van der Waals surface area (Å²) in [4.78, 5) is 11.4. The first-order valence-electron chi connectivity index (χ1n) is 9.97. The summed E-state index contributed by atoms with van der Waals surface area (Å²) in [5.74, 6) is -0.383. The standard InChI is InChI=1S/C21H32O6/c1-5-6-7-8-9-10-14-15(12-25-13(2)22)18-21(19(27-21)17(14)24)11-16(23)20(3,4)26-18/h9-10,16-19,23-24H,5-8,11-12H2,1-4H3/b10-9+/t16-,17+,18-,19-,21+/m0/s1. The lowest BCUT2D eigenvalue weighted by Gasteiger charge is -2.46. The Morgan fingerprint density at radius 1 is 1.30 bits per heavy atom. The zero-order valence-corrected chi connectivity index (χ0v) is 16.7. The highest BCUT2D eigenvalue weighted by atomic mass is 16.7. The van der Waals surface area contributed by atoms with E-state index in [1.807, 2.05) is 19.9 Å². The van der Waals surface area contributed by atoms with Crippen LogP contribution in [0, 0.1) is 0 Å². The van der Waals surface area contributed by atoms with Gasteiger partial charge in [-0.1, -0.05) is 31.9 Å². The SMILES string of the molecule is CCCCC/C=C/C1=C(COC(C)=O)[C@@H]2OC(C)(C)[C@@H](O)C[C@@]23O[C@H]3[C@@H]1O. The van der Waals surface area contributed by atoms with Crippen LogP contribution in [-0.2, 0) is 19.0 Å². The average molecular weight is 380 g/mol. The molecule has 0 aromatic rings. The average Bonchev–Trinajstić information content (AvgIpc) is 3.31. The van der Waals surface area contributed by atoms with Crippen LogP contribution >= 0.6 is 0 Å². The van der Waals surface area contributed by atoms with Gasteiger partial charge in [-0.3, -0.25) is 4.79 Å².